The normalized spacial score (nSPS) is 13.3. The predicted molar refractivity (Wildman–Crippen MR) is 87.6 cm³/mol. The lowest BCUT2D eigenvalue weighted by Gasteiger charge is -2.10. The van der Waals surface area contributed by atoms with Gasteiger partial charge >= 0.3 is 0 Å². The topological polar surface area (TPSA) is 185 Å². The highest BCUT2D eigenvalue weighted by Crippen LogP contribution is 2.05. The number of carbonyl (C=O) groups is 3. The number of hydrogen-bond donors (Lipinski definition) is 5. The number of nitrogens with two attached hydrogens (primary N) is 4. The molecule has 0 spiro atoms. The highest BCUT2D eigenvalue weighted by molar-refractivity contribution is 5.87. The average molecular weight is 339 g/mol. The molecule has 0 saturated heterocycles. The number of amides is 2. The van der Waals surface area contributed by atoms with Crippen molar-refractivity contribution in [2.45, 2.75) is 37.8 Å². The Hall–Kier alpha value is -2.30. The summed E-state index contributed by atoms with van der Waals surface area (Å²) in [6.07, 6.45) is 5.08. The van der Waals surface area contributed by atoms with E-state index in [2.05, 4.69) is 10.3 Å². The van der Waals surface area contributed by atoms with Crippen LogP contribution in [0.25, 0.3) is 0 Å². The van der Waals surface area contributed by atoms with E-state index in [4.69, 9.17) is 22.9 Å². The van der Waals surface area contributed by atoms with Crippen molar-refractivity contribution < 1.29 is 14.4 Å². The van der Waals surface area contributed by atoms with E-state index in [9.17, 15) is 14.4 Å². The Bertz CT molecular complexity index is 572. The SMILES string of the molecule is NCCCC[C@H](N)C(=O)n1cnc(C[C@H](N)C(=O)NCC(N)=O)c1. The van der Waals surface area contributed by atoms with Gasteiger partial charge in [0.1, 0.15) is 6.33 Å². The Morgan fingerprint density at radius 2 is 1.92 bits per heavy atom. The number of hydrogen-bond acceptors (Lipinski definition) is 7. The highest BCUT2D eigenvalue weighted by Gasteiger charge is 2.19. The van der Waals surface area contributed by atoms with Crippen LogP contribution in [-0.2, 0) is 16.0 Å². The van der Waals surface area contributed by atoms with Crippen LogP contribution in [0.5, 0.6) is 0 Å². The number of nitrogens with zero attached hydrogens (tertiary/aromatic N) is 2. The van der Waals surface area contributed by atoms with Gasteiger partial charge < -0.3 is 28.3 Å². The molecule has 0 saturated carbocycles. The zero-order valence-corrected chi connectivity index (χ0v) is 13.5. The first-order valence-electron chi connectivity index (χ1n) is 7.69. The fourth-order valence-electron chi connectivity index (χ4n) is 2.04. The molecule has 0 aliphatic heterocycles. The number of aromatic nitrogens is 2. The molecule has 10 nitrogen and oxygen atoms in total. The standard InChI is InChI=1S/C14H25N7O3/c15-4-2-1-3-10(16)14(24)21-7-9(20-8-21)5-11(17)13(23)19-6-12(18)22/h7-8,10-11H,1-6,15-17H2,(H2,18,22)(H,19,23)/t10-,11-/m0/s1. The Morgan fingerprint density at radius 3 is 2.54 bits per heavy atom. The molecule has 2 atom stereocenters. The maximum absolute atomic E-state index is 12.2. The first-order chi connectivity index (χ1) is 11.3. The van der Waals surface area contributed by atoms with Crippen LogP contribution < -0.4 is 28.3 Å². The summed E-state index contributed by atoms with van der Waals surface area (Å²) < 4.78 is 1.29. The van der Waals surface area contributed by atoms with Crippen molar-refractivity contribution in [1.82, 2.24) is 14.9 Å². The van der Waals surface area contributed by atoms with E-state index in [0.29, 0.717) is 18.7 Å². The molecule has 0 radical (unpaired) electrons. The molecule has 0 aromatic carbocycles. The lowest BCUT2D eigenvalue weighted by Crippen LogP contribution is -2.45. The van der Waals surface area contributed by atoms with Gasteiger partial charge in [-0.2, -0.15) is 0 Å². The van der Waals surface area contributed by atoms with E-state index in [0.717, 1.165) is 12.8 Å². The van der Waals surface area contributed by atoms with Crippen molar-refractivity contribution in [3.8, 4) is 0 Å². The second kappa shape index (κ2) is 9.75. The van der Waals surface area contributed by atoms with Gasteiger partial charge in [0.2, 0.25) is 17.7 Å². The van der Waals surface area contributed by atoms with E-state index in [-0.39, 0.29) is 18.9 Å². The molecule has 1 aromatic heterocycles. The Kier molecular flexibility index (Phi) is 8.02. The van der Waals surface area contributed by atoms with Crippen LogP contribution in [0.3, 0.4) is 0 Å². The summed E-state index contributed by atoms with van der Waals surface area (Å²) in [5.41, 5.74) is 22.4. The van der Waals surface area contributed by atoms with Crippen LogP contribution in [-0.4, -0.2) is 52.4 Å². The van der Waals surface area contributed by atoms with Gasteiger partial charge in [0, 0.05) is 12.6 Å². The lowest BCUT2D eigenvalue weighted by molar-refractivity contribution is -0.125. The Balaban J connectivity index is 2.54. The van der Waals surface area contributed by atoms with Gasteiger partial charge in [-0.3, -0.25) is 19.0 Å². The molecule has 0 aliphatic rings. The minimum Gasteiger partial charge on any atom is -0.368 e. The molecule has 1 aromatic rings. The minimum atomic E-state index is -0.902. The van der Waals surface area contributed by atoms with Crippen molar-refractivity contribution in [2.75, 3.05) is 13.1 Å². The van der Waals surface area contributed by atoms with Crippen LogP contribution in [0, 0.1) is 0 Å². The molecule has 0 bridgehead atoms. The highest BCUT2D eigenvalue weighted by atomic mass is 16.2. The number of imidazole rings is 1. The lowest BCUT2D eigenvalue weighted by atomic mass is 10.1. The number of primary amides is 1. The summed E-state index contributed by atoms with van der Waals surface area (Å²) in [6.45, 7) is 0.281. The monoisotopic (exact) mass is 339 g/mol. The number of nitrogens with one attached hydrogen (secondary N) is 1. The maximum atomic E-state index is 12.2. The molecule has 0 aliphatic carbocycles. The summed E-state index contributed by atoms with van der Waals surface area (Å²) >= 11 is 0. The number of rotatable bonds is 10. The molecule has 2 amide bonds. The van der Waals surface area contributed by atoms with Gasteiger partial charge in [0.15, 0.2) is 0 Å². The van der Waals surface area contributed by atoms with E-state index < -0.39 is 23.9 Å². The van der Waals surface area contributed by atoms with Gasteiger partial charge in [-0.15, -0.1) is 0 Å². The van der Waals surface area contributed by atoms with E-state index in [1.165, 1.54) is 17.1 Å². The summed E-state index contributed by atoms with van der Waals surface area (Å²) in [7, 11) is 0. The second-order valence-corrected chi connectivity index (χ2v) is 5.50. The third-order valence-corrected chi connectivity index (χ3v) is 3.38. The van der Waals surface area contributed by atoms with Gasteiger partial charge in [-0.25, -0.2) is 4.98 Å². The number of unbranched alkanes of at least 4 members (excludes halogenated alkanes) is 1. The molecule has 1 rings (SSSR count). The third-order valence-electron chi connectivity index (χ3n) is 3.38. The van der Waals surface area contributed by atoms with Crippen LogP contribution in [0.4, 0.5) is 0 Å². The second-order valence-electron chi connectivity index (χ2n) is 5.50. The summed E-state index contributed by atoms with van der Waals surface area (Å²) in [5.74, 6) is -1.46. The van der Waals surface area contributed by atoms with Crippen molar-refractivity contribution in [3.05, 3.63) is 18.2 Å². The zero-order valence-electron chi connectivity index (χ0n) is 13.5. The largest absolute Gasteiger partial charge is 0.368 e. The zero-order chi connectivity index (χ0) is 18.1. The molecule has 1 heterocycles. The van der Waals surface area contributed by atoms with Crippen LogP contribution in [0.15, 0.2) is 12.5 Å². The molecule has 0 fully saturated rings. The minimum absolute atomic E-state index is 0.118. The van der Waals surface area contributed by atoms with Crippen LogP contribution in [0.1, 0.15) is 29.8 Å². The molecular weight excluding hydrogens is 314 g/mol. The van der Waals surface area contributed by atoms with Crippen molar-refractivity contribution in [3.63, 3.8) is 0 Å². The average Bonchev–Trinajstić information content (AvgIpc) is 3.00. The molecule has 24 heavy (non-hydrogen) atoms. The fourth-order valence-corrected chi connectivity index (χ4v) is 2.04. The van der Waals surface area contributed by atoms with Crippen LogP contribution >= 0.6 is 0 Å². The van der Waals surface area contributed by atoms with Gasteiger partial charge in [0.05, 0.1) is 24.3 Å². The summed E-state index contributed by atoms with van der Waals surface area (Å²) in [5, 5.41) is 2.31. The van der Waals surface area contributed by atoms with E-state index in [1.54, 1.807) is 0 Å². The Labute approximate surface area is 139 Å². The third kappa shape index (κ3) is 6.44. The first kappa shape index (κ1) is 19.7. The maximum Gasteiger partial charge on any atom is 0.248 e. The molecule has 0 unspecified atom stereocenters. The fraction of sp³-hybridized carbons (Fsp3) is 0.571. The van der Waals surface area contributed by atoms with Gasteiger partial charge in [-0.05, 0) is 19.4 Å². The molecule has 9 N–H and O–H groups in total. The molecule has 10 heteroatoms. The molecular formula is C14H25N7O3. The van der Waals surface area contributed by atoms with E-state index in [1.807, 2.05) is 0 Å². The van der Waals surface area contributed by atoms with Crippen molar-refractivity contribution in [2.24, 2.45) is 22.9 Å². The molecule has 134 valence electrons. The smallest absolute Gasteiger partial charge is 0.248 e. The van der Waals surface area contributed by atoms with Crippen molar-refractivity contribution in [1.29, 1.82) is 0 Å². The Morgan fingerprint density at radius 1 is 1.21 bits per heavy atom. The van der Waals surface area contributed by atoms with E-state index >= 15 is 0 Å². The summed E-state index contributed by atoms with van der Waals surface area (Å²) in [6, 6.07) is -1.54. The van der Waals surface area contributed by atoms with Crippen LogP contribution in [0.2, 0.25) is 0 Å². The first-order valence-corrected chi connectivity index (χ1v) is 7.69. The van der Waals surface area contributed by atoms with Crippen molar-refractivity contribution >= 4 is 17.7 Å². The van der Waals surface area contributed by atoms with Gasteiger partial charge in [0.25, 0.3) is 0 Å². The quantitative estimate of drug-likeness (QED) is 0.290. The number of carbonyl (C=O) groups excluding carboxylic acids is 3. The predicted octanol–water partition coefficient (Wildman–Crippen LogP) is -2.55. The summed E-state index contributed by atoms with van der Waals surface area (Å²) in [4.78, 5) is 38.5. The van der Waals surface area contributed by atoms with Gasteiger partial charge in [-0.1, -0.05) is 6.42 Å².